The number of aliphatic hydroxyl groups excluding tert-OH is 2. The Morgan fingerprint density at radius 3 is 2.38 bits per heavy atom. The molecule has 0 saturated heterocycles. The molecule has 0 radical (unpaired) electrons. The molecule has 1 aromatic rings. The lowest BCUT2D eigenvalue weighted by Crippen LogP contribution is -2.52. The lowest BCUT2D eigenvalue weighted by molar-refractivity contribution is -0.126. The zero-order chi connectivity index (χ0) is 19.4. The molecule has 6 unspecified atom stereocenters. The number of carbonyl (C=O) groups is 1. The number of alkyl halides is 3. The number of nitrogens with one attached hydrogen (secondary N) is 1. The SMILES string of the molecule is NC1C2CC(C(O)C2O)C1C(=O)Nc1cccc(S(=O)(=O)C(F)(F)F)c1. The number of amides is 1. The Morgan fingerprint density at radius 2 is 1.81 bits per heavy atom. The van der Waals surface area contributed by atoms with Gasteiger partial charge in [-0.1, -0.05) is 6.07 Å². The van der Waals surface area contributed by atoms with Crippen molar-refractivity contribution in [3.8, 4) is 0 Å². The van der Waals surface area contributed by atoms with Crippen LogP contribution < -0.4 is 11.1 Å². The van der Waals surface area contributed by atoms with Gasteiger partial charge >= 0.3 is 5.51 Å². The first-order valence-corrected chi connectivity index (χ1v) is 9.27. The predicted molar refractivity (Wildman–Crippen MR) is 83.4 cm³/mol. The molecular weight excluding hydrogens is 377 g/mol. The Labute approximate surface area is 146 Å². The molecule has 2 aliphatic rings. The Kier molecular flexibility index (Phi) is 4.54. The molecule has 1 aromatic carbocycles. The van der Waals surface area contributed by atoms with Crippen molar-refractivity contribution in [3.63, 3.8) is 0 Å². The average molecular weight is 394 g/mol. The fourth-order valence-corrected chi connectivity index (χ4v) is 4.67. The van der Waals surface area contributed by atoms with Gasteiger partial charge in [-0.2, -0.15) is 13.2 Å². The van der Waals surface area contributed by atoms with Gasteiger partial charge in [-0.25, -0.2) is 8.42 Å². The topological polar surface area (TPSA) is 130 Å². The molecule has 144 valence electrons. The average Bonchev–Trinajstić information content (AvgIpc) is 3.02. The molecule has 11 heteroatoms. The maximum Gasteiger partial charge on any atom is 0.501 e. The minimum absolute atomic E-state index is 0.134. The summed E-state index contributed by atoms with van der Waals surface area (Å²) >= 11 is 0. The summed E-state index contributed by atoms with van der Waals surface area (Å²) in [4.78, 5) is 11.5. The van der Waals surface area contributed by atoms with Gasteiger partial charge in [0, 0.05) is 23.6 Å². The van der Waals surface area contributed by atoms with Crippen LogP contribution in [0.4, 0.5) is 18.9 Å². The molecule has 26 heavy (non-hydrogen) atoms. The zero-order valence-electron chi connectivity index (χ0n) is 13.2. The molecule has 0 heterocycles. The molecule has 2 aliphatic carbocycles. The summed E-state index contributed by atoms with van der Waals surface area (Å²) in [5.41, 5.74) is 0.362. The minimum atomic E-state index is -5.54. The van der Waals surface area contributed by atoms with E-state index in [9.17, 15) is 36.6 Å². The second kappa shape index (κ2) is 6.19. The van der Waals surface area contributed by atoms with E-state index >= 15 is 0 Å². The smallest absolute Gasteiger partial charge is 0.390 e. The van der Waals surface area contributed by atoms with Gasteiger partial charge in [0.1, 0.15) is 0 Å². The molecule has 2 bridgehead atoms. The highest BCUT2D eigenvalue weighted by Crippen LogP contribution is 2.48. The number of aliphatic hydroxyl groups is 2. The molecule has 0 spiro atoms. The number of hydrogen-bond donors (Lipinski definition) is 4. The summed E-state index contributed by atoms with van der Waals surface area (Å²) in [7, 11) is -5.54. The summed E-state index contributed by atoms with van der Waals surface area (Å²) < 4.78 is 60.9. The van der Waals surface area contributed by atoms with Crippen molar-refractivity contribution in [2.24, 2.45) is 23.5 Å². The molecule has 5 N–H and O–H groups in total. The maximum absolute atomic E-state index is 12.6. The number of anilines is 1. The Balaban J connectivity index is 1.81. The van der Waals surface area contributed by atoms with Crippen LogP contribution in [0, 0.1) is 17.8 Å². The highest BCUT2D eigenvalue weighted by molar-refractivity contribution is 7.92. The fourth-order valence-electron chi connectivity index (χ4n) is 3.86. The Morgan fingerprint density at radius 1 is 1.19 bits per heavy atom. The summed E-state index contributed by atoms with van der Waals surface area (Å²) in [5.74, 6) is -2.48. The van der Waals surface area contributed by atoms with Gasteiger partial charge in [0.2, 0.25) is 5.91 Å². The molecule has 3 rings (SSSR count). The monoisotopic (exact) mass is 394 g/mol. The van der Waals surface area contributed by atoms with E-state index in [0.717, 1.165) is 12.1 Å². The van der Waals surface area contributed by atoms with E-state index < -0.39 is 62.2 Å². The molecule has 0 aliphatic heterocycles. The van der Waals surface area contributed by atoms with Crippen LogP contribution in [0.2, 0.25) is 0 Å². The van der Waals surface area contributed by atoms with Crippen molar-refractivity contribution in [3.05, 3.63) is 24.3 Å². The van der Waals surface area contributed by atoms with Gasteiger partial charge in [0.25, 0.3) is 9.84 Å². The van der Waals surface area contributed by atoms with Crippen LogP contribution in [0.3, 0.4) is 0 Å². The van der Waals surface area contributed by atoms with Gasteiger partial charge < -0.3 is 21.3 Å². The van der Waals surface area contributed by atoms with Crippen LogP contribution in [0.1, 0.15) is 6.42 Å². The van der Waals surface area contributed by atoms with Crippen molar-refractivity contribution in [1.29, 1.82) is 0 Å². The number of hydrogen-bond acceptors (Lipinski definition) is 6. The molecule has 0 aromatic heterocycles. The van der Waals surface area contributed by atoms with Crippen molar-refractivity contribution >= 4 is 21.4 Å². The lowest BCUT2D eigenvalue weighted by atomic mass is 9.81. The molecule has 6 atom stereocenters. The number of sulfone groups is 1. The van der Waals surface area contributed by atoms with Gasteiger partial charge in [0.05, 0.1) is 23.0 Å². The lowest BCUT2D eigenvalue weighted by Gasteiger charge is -2.33. The van der Waals surface area contributed by atoms with Crippen molar-refractivity contribution in [1.82, 2.24) is 0 Å². The highest BCUT2D eigenvalue weighted by Gasteiger charge is 2.58. The van der Waals surface area contributed by atoms with Crippen LogP contribution >= 0.6 is 0 Å². The van der Waals surface area contributed by atoms with E-state index in [1.807, 2.05) is 0 Å². The number of benzene rings is 1. The Bertz CT molecular complexity index is 829. The third kappa shape index (κ3) is 2.88. The number of fused-ring (bicyclic) bond motifs is 2. The molecule has 1 amide bonds. The standard InChI is InChI=1S/C15H17F3N2O5S/c16-15(17,18)26(24,25)7-3-1-2-6(4-7)20-14(23)10-8-5-9(11(10)19)13(22)12(8)21/h1-4,8-13,21-22H,5,19H2,(H,20,23). The first-order chi connectivity index (χ1) is 11.9. The van der Waals surface area contributed by atoms with Crippen LogP contribution in [0.5, 0.6) is 0 Å². The van der Waals surface area contributed by atoms with Crippen molar-refractivity contribution in [2.45, 2.75) is 35.1 Å². The first-order valence-electron chi connectivity index (χ1n) is 7.79. The highest BCUT2D eigenvalue weighted by atomic mass is 32.2. The first kappa shape index (κ1) is 19.1. The third-order valence-corrected chi connectivity index (χ3v) is 6.65. The van der Waals surface area contributed by atoms with E-state index in [1.165, 1.54) is 6.07 Å². The zero-order valence-corrected chi connectivity index (χ0v) is 14.0. The van der Waals surface area contributed by atoms with Crippen molar-refractivity contribution < 1.29 is 36.6 Å². The fraction of sp³-hybridized carbons (Fsp3) is 0.533. The van der Waals surface area contributed by atoms with Crippen molar-refractivity contribution in [2.75, 3.05) is 5.32 Å². The maximum atomic E-state index is 12.6. The van der Waals surface area contributed by atoms with Gasteiger partial charge in [0.15, 0.2) is 0 Å². The quantitative estimate of drug-likeness (QED) is 0.581. The van der Waals surface area contributed by atoms with Crippen LogP contribution in [0.25, 0.3) is 0 Å². The van der Waals surface area contributed by atoms with E-state index in [4.69, 9.17) is 5.73 Å². The van der Waals surface area contributed by atoms with E-state index in [1.54, 1.807) is 0 Å². The number of carbonyl (C=O) groups excluding carboxylic acids is 1. The second-order valence-corrected chi connectivity index (χ2v) is 8.56. The largest absolute Gasteiger partial charge is 0.501 e. The Hall–Kier alpha value is -1.69. The van der Waals surface area contributed by atoms with Gasteiger partial charge in [-0.3, -0.25) is 4.79 Å². The van der Waals surface area contributed by atoms with E-state index in [2.05, 4.69) is 5.32 Å². The van der Waals surface area contributed by atoms with Gasteiger partial charge in [-0.05, 0) is 24.6 Å². The number of nitrogens with two attached hydrogens (primary N) is 1. The number of rotatable bonds is 3. The van der Waals surface area contributed by atoms with Gasteiger partial charge in [-0.15, -0.1) is 0 Å². The second-order valence-electron chi connectivity index (χ2n) is 6.61. The molecular formula is C15H17F3N2O5S. The summed E-state index contributed by atoms with van der Waals surface area (Å²) in [5, 5.41) is 22.1. The third-order valence-electron chi connectivity index (χ3n) is 5.16. The van der Waals surface area contributed by atoms with Crippen LogP contribution in [-0.2, 0) is 14.6 Å². The molecule has 2 saturated carbocycles. The van der Waals surface area contributed by atoms with E-state index in [-0.39, 0.29) is 5.69 Å². The predicted octanol–water partition coefficient (Wildman–Crippen LogP) is 0.234. The summed E-state index contributed by atoms with van der Waals surface area (Å²) in [6.45, 7) is 0. The van der Waals surface area contributed by atoms with Crippen LogP contribution in [-0.4, -0.2) is 48.3 Å². The minimum Gasteiger partial charge on any atom is -0.390 e. The normalized spacial score (nSPS) is 34.1. The molecule has 7 nitrogen and oxygen atoms in total. The summed E-state index contributed by atoms with van der Waals surface area (Å²) in [6, 6.07) is 3.11. The van der Waals surface area contributed by atoms with E-state index in [0.29, 0.717) is 12.5 Å². The van der Waals surface area contributed by atoms with Crippen LogP contribution in [0.15, 0.2) is 29.2 Å². The summed E-state index contributed by atoms with van der Waals surface area (Å²) in [6.07, 6.45) is -1.75. The number of halogens is 3. The molecule has 2 fully saturated rings.